The van der Waals surface area contributed by atoms with E-state index in [4.69, 9.17) is 32.8 Å². The molecule has 2 heterocycles. The van der Waals surface area contributed by atoms with Gasteiger partial charge in [0.1, 0.15) is 24.1 Å². The van der Waals surface area contributed by atoms with Crippen LogP contribution < -0.4 is 4.74 Å². The Labute approximate surface area is 343 Å². The Morgan fingerprint density at radius 1 is 0.625 bits per heavy atom. The van der Waals surface area contributed by atoms with Crippen molar-refractivity contribution < 1.29 is 38.0 Å². The molecular weight excluding hydrogens is 761 g/mol. The summed E-state index contributed by atoms with van der Waals surface area (Å²) in [7, 11) is -0.630. The summed E-state index contributed by atoms with van der Waals surface area (Å²) >= 11 is 3.20. The van der Waals surface area contributed by atoms with Gasteiger partial charge < -0.3 is 38.0 Å². The number of aliphatic hydroxyl groups excluding tert-OH is 1. The topological polar surface area (TPSA) is 84.8 Å². The Morgan fingerprint density at radius 3 is 1.64 bits per heavy atom. The molecule has 2 saturated heterocycles. The van der Waals surface area contributed by atoms with Gasteiger partial charge in [0, 0.05) is 9.79 Å². The zero-order valence-corrected chi connectivity index (χ0v) is 36.4. The van der Waals surface area contributed by atoms with E-state index in [1.807, 2.05) is 110 Å². The zero-order valence-electron chi connectivity index (χ0n) is 33.8. The first kappa shape index (κ1) is 42.9. The highest BCUT2D eigenvalue weighted by atomic mass is 32.2. The molecule has 11 heteroatoms. The summed E-state index contributed by atoms with van der Waals surface area (Å²) in [4.78, 5) is 2.06. The maximum absolute atomic E-state index is 11.5. The van der Waals surface area contributed by atoms with Crippen molar-refractivity contribution in [2.24, 2.45) is 0 Å². The van der Waals surface area contributed by atoms with Gasteiger partial charge >= 0.3 is 0 Å². The molecule has 0 saturated carbocycles. The number of hydrogen-bond acceptors (Lipinski definition) is 10. The van der Waals surface area contributed by atoms with Gasteiger partial charge in [-0.2, -0.15) is 0 Å². The summed E-state index contributed by atoms with van der Waals surface area (Å²) in [6, 6.07) is 38.4. The third kappa shape index (κ3) is 10.9. The van der Waals surface area contributed by atoms with Crippen LogP contribution in [0.15, 0.2) is 125 Å². The lowest BCUT2D eigenvalue weighted by atomic mass is 9.99. The fourth-order valence-corrected chi connectivity index (χ4v) is 10.5. The van der Waals surface area contributed by atoms with E-state index in [1.54, 1.807) is 18.9 Å². The Kier molecular flexibility index (Phi) is 14.8. The number of aliphatic hydroxyl groups is 1. The molecule has 2 aliphatic heterocycles. The zero-order chi connectivity index (χ0) is 39.9. The summed E-state index contributed by atoms with van der Waals surface area (Å²) < 4.78 is 47.0. The average Bonchev–Trinajstić information content (AvgIpc) is 3.18. The molecule has 6 rings (SSSR count). The number of benzene rings is 4. The molecule has 0 unspecified atom stereocenters. The van der Waals surface area contributed by atoms with Crippen molar-refractivity contribution in [2.75, 3.05) is 7.11 Å². The minimum absolute atomic E-state index is 0.0346. The molecule has 0 bridgehead atoms. The van der Waals surface area contributed by atoms with E-state index in [9.17, 15) is 5.11 Å². The predicted octanol–water partition coefficient (Wildman–Crippen LogP) is 9.75. The van der Waals surface area contributed by atoms with Gasteiger partial charge in [0.2, 0.25) is 0 Å². The minimum atomic E-state index is -2.30. The fourth-order valence-electron chi connectivity index (χ4n) is 6.72. The van der Waals surface area contributed by atoms with Gasteiger partial charge in [-0.1, -0.05) is 99.6 Å². The smallest absolute Gasteiger partial charge is 0.192 e. The summed E-state index contributed by atoms with van der Waals surface area (Å²) in [6.45, 7) is 16.0. The molecule has 56 heavy (non-hydrogen) atoms. The SMILES string of the molecule is COc1ccc(CO[C@H]2[C@H](O[Si](C)(C)C(C)(C)C)[C@@H](C)O[C@@H](O[C@H]3[C@H](OCc4ccccc4)[C@@H](Sc4ccccc4)[C@H](O)O[C@@H]3C)[C@@H]2Sc2ccccc2)cc1. The molecular formula is C45H58O8S2Si. The molecule has 0 aliphatic carbocycles. The highest BCUT2D eigenvalue weighted by Crippen LogP contribution is 2.45. The van der Waals surface area contributed by atoms with Gasteiger partial charge in [-0.05, 0) is 79.5 Å². The van der Waals surface area contributed by atoms with E-state index < -0.39 is 50.6 Å². The summed E-state index contributed by atoms with van der Waals surface area (Å²) in [6.07, 6.45) is -4.66. The van der Waals surface area contributed by atoms with E-state index in [1.165, 1.54) is 11.8 Å². The van der Waals surface area contributed by atoms with E-state index in [0.29, 0.717) is 13.2 Å². The van der Waals surface area contributed by atoms with Crippen LogP contribution in [0.5, 0.6) is 5.75 Å². The Balaban J connectivity index is 1.37. The standard InChI is InChI=1S/C45H58O8S2Si/c1-30-37(39(48-28-32-18-12-9-13-19-32)41(43(46)50-30)54-35-20-14-10-15-21-35)52-44-42(55-36-22-16-11-17-23-36)40(49-29-33-24-26-34(47-6)27-25-33)38(31(2)51-44)53-56(7,8)45(3,4)5/h9-27,30-31,37-44,46H,28-29H2,1-8H3/t30-,31-,37-,38-,39+,40+,41-,42-,43-,44+/m1/s1. The van der Waals surface area contributed by atoms with Crippen molar-refractivity contribution in [3.8, 4) is 5.75 Å². The van der Waals surface area contributed by atoms with Crippen LogP contribution in [-0.4, -0.2) is 80.2 Å². The highest BCUT2D eigenvalue weighted by molar-refractivity contribution is 8.00. The number of rotatable bonds is 15. The summed E-state index contributed by atoms with van der Waals surface area (Å²) in [5, 5.41) is 10.6. The summed E-state index contributed by atoms with van der Waals surface area (Å²) in [5.74, 6) is 0.792. The van der Waals surface area contributed by atoms with Crippen LogP contribution in [0.25, 0.3) is 0 Å². The van der Waals surface area contributed by atoms with Gasteiger partial charge in [0.05, 0.1) is 49.1 Å². The van der Waals surface area contributed by atoms with Gasteiger partial charge in [-0.15, -0.1) is 23.5 Å². The van der Waals surface area contributed by atoms with Crippen LogP contribution in [0.1, 0.15) is 45.7 Å². The van der Waals surface area contributed by atoms with Crippen molar-refractivity contribution in [1.82, 2.24) is 0 Å². The van der Waals surface area contributed by atoms with Crippen molar-refractivity contribution in [1.29, 1.82) is 0 Å². The lowest BCUT2D eigenvalue weighted by Gasteiger charge is -2.51. The number of methoxy groups -OCH3 is 1. The van der Waals surface area contributed by atoms with E-state index in [-0.39, 0.29) is 22.5 Å². The number of ether oxygens (including phenoxy) is 6. The molecule has 0 aromatic heterocycles. The first-order chi connectivity index (χ1) is 26.8. The normalized spacial score (nSPS) is 28.5. The van der Waals surface area contributed by atoms with Gasteiger partial charge in [0.25, 0.3) is 0 Å². The second-order valence-corrected chi connectivity index (χ2v) is 23.3. The second-order valence-electron chi connectivity index (χ2n) is 16.1. The van der Waals surface area contributed by atoms with Crippen LogP contribution in [0.4, 0.5) is 0 Å². The number of thioether (sulfide) groups is 2. The van der Waals surface area contributed by atoms with Crippen molar-refractivity contribution in [3.63, 3.8) is 0 Å². The molecule has 0 amide bonds. The average molecular weight is 819 g/mol. The molecule has 4 aromatic rings. The van der Waals surface area contributed by atoms with Crippen LogP contribution in [0, 0.1) is 0 Å². The molecule has 2 fully saturated rings. The molecule has 0 spiro atoms. The van der Waals surface area contributed by atoms with Crippen molar-refractivity contribution in [3.05, 3.63) is 126 Å². The highest BCUT2D eigenvalue weighted by Gasteiger charge is 2.54. The molecule has 302 valence electrons. The van der Waals surface area contributed by atoms with E-state index >= 15 is 0 Å². The Morgan fingerprint density at radius 2 is 1.11 bits per heavy atom. The van der Waals surface area contributed by atoms with Gasteiger partial charge in [-0.25, -0.2) is 0 Å². The van der Waals surface area contributed by atoms with Crippen LogP contribution >= 0.6 is 23.5 Å². The van der Waals surface area contributed by atoms with Gasteiger partial charge in [-0.3, -0.25) is 0 Å². The monoisotopic (exact) mass is 818 g/mol. The Hall–Kier alpha value is -2.68. The first-order valence-corrected chi connectivity index (χ1v) is 24.2. The maximum Gasteiger partial charge on any atom is 0.192 e. The molecule has 2 aliphatic rings. The minimum Gasteiger partial charge on any atom is -0.497 e. The molecule has 10 atom stereocenters. The molecule has 0 radical (unpaired) electrons. The summed E-state index contributed by atoms with van der Waals surface area (Å²) in [5.41, 5.74) is 2.05. The maximum atomic E-state index is 11.5. The third-order valence-electron chi connectivity index (χ3n) is 10.9. The molecule has 4 aromatic carbocycles. The second kappa shape index (κ2) is 19.4. The molecule has 8 nitrogen and oxygen atoms in total. The Bertz CT molecular complexity index is 1760. The lowest BCUT2D eigenvalue weighted by molar-refractivity contribution is -0.309. The van der Waals surface area contributed by atoms with Gasteiger partial charge in [0.15, 0.2) is 20.9 Å². The predicted molar refractivity (Wildman–Crippen MR) is 227 cm³/mol. The van der Waals surface area contributed by atoms with E-state index in [0.717, 1.165) is 26.7 Å². The van der Waals surface area contributed by atoms with Crippen LogP contribution in [-0.2, 0) is 41.3 Å². The quantitative estimate of drug-likeness (QED) is 0.117. The van der Waals surface area contributed by atoms with Crippen LogP contribution in [0.3, 0.4) is 0 Å². The van der Waals surface area contributed by atoms with Crippen molar-refractivity contribution >= 4 is 31.8 Å². The van der Waals surface area contributed by atoms with Crippen LogP contribution in [0.2, 0.25) is 18.1 Å². The first-order valence-electron chi connectivity index (χ1n) is 19.5. The lowest BCUT2D eigenvalue weighted by Crippen LogP contribution is -2.64. The third-order valence-corrected chi connectivity index (χ3v) is 18.0. The fraction of sp³-hybridized carbons (Fsp3) is 0.467. The molecule has 1 N–H and O–H groups in total. The van der Waals surface area contributed by atoms with E-state index in [2.05, 4.69) is 52.9 Å². The van der Waals surface area contributed by atoms with Crippen molar-refractivity contribution in [2.45, 2.75) is 135 Å². The largest absolute Gasteiger partial charge is 0.497 e. The number of hydrogen-bond donors (Lipinski definition) is 1.